The number of hydrogen-bond acceptors (Lipinski definition) is 4. The van der Waals surface area contributed by atoms with Gasteiger partial charge in [0.1, 0.15) is 11.3 Å². The van der Waals surface area contributed by atoms with Crippen molar-refractivity contribution >= 4 is 30.6 Å². The molecule has 1 aromatic heterocycles. The Labute approximate surface area is 128 Å². The normalized spacial score (nSPS) is 16.4. The molecule has 0 unspecified atom stereocenters. The second-order valence-electron chi connectivity index (χ2n) is 5.36. The SMILES string of the molecule is O=S(=O)(Cl)c1ccc(OCC2CCCC2)c2ncccc12. The van der Waals surface area contributed by atoms with E-state index < -0.39 is 9.05 Å². The summed E-state index contributed by atoms with van der Waals surface area (Å²) in [5, 5.41) is 0.497. The van der Waals surface area contributed by atoms with Crippen LogP contribution in [0.5, 0.6) is 5.75 Å². The van der Waals surface area contributed by atoms with Crippen LogP contribution in [0, 0.1) is 5.92 Å². The lowest BCUT2D eigenvalue weighted by atomic mass is 10.1. The maximum absolute atomic E-state index is 11.6. The zero-order chi connectivity index (χ0) is 14.9. The van der Waals surface area contributed by atoms with Crippen LogP contribution in [-0.4, -0.2) is 20.0 Å². The van der Waals surface area contributed by atoms with Crippen LogP contribution in [0.2, 0.25) is 0 Å². The van der Waals surface area contributed by atoms with Gasteiger partial charge < -0.3 is 4.74 Å². The van der Waals surface area contributed by atoms with Gasteiger partial charge in [0, 0.05) is 22.3 Å². The van der Waals surface area contributed by atoms with Crippen molar-refractivity contribution in [3.63, 3.8) is 0 Å². The maximum atomic E-state index is 11.6. The monoisotopic (exact) mass is 325 g/mol. The van der Waals surface area contributed by atoms with Crippen LogP contribution in [0.1, 0.15) is 25.7 Å². The first-order valence-corrected chi connectivity index (χ1v) is 9.32. The van der Waals surface area contributed by atoms with Crippen molar-refractivity contribution in [1.29, 1.82) is 0 Å². The molecule has 1 aliphatic rings. The van der Waals surface area contributed by atoms with Crippen LogP contribution in [0.3, 0.4) is 0 Å². The van der Waals surface area contributed by atoms with Crippen molar-refractivity contribution in [2.45, 2.75) is 30.6 Å². The van der Waals surface area contributed by atoms with E-state index in [0.717, 1.165) is 0 Å². The lowest BCUT2D eigenvalue weighted by Gasteiger charge is -2.13. The summed E-state index contributed by atoms with van der Waals surface area (Å²) in [7, 11) is 1.67. The fourth-order valence-electron chi connectivity index (χ4n) is 2.83. The van der Waals surface area contributed by atoms with Gasteiger partial charge in [0.25, 0.3) is 9.05 Å². The van der Waals surface area contributed by atoms with E-state index in [1.165, 1.54) is 31.7 Å². The highest BCUT2D eigenvalue weighted by atomic mass is 35.7. The van der Waals surface area contributed by atoms with E-state index in [0.29, 0.717) is 29.2 Å². The molecule has 1 saturated carbocycles. The Kier molecular flexibility index (Phi) is 4.04. The van der Waals surface area contributed by atoms with Gasteiger partial charge in [-0.05, 0) is 43.0 Å². The molecule has 0 aliphatic heterocycles. The molecule has 0 saturated heterocycles. The molecule has 3 rings (SSSR count). The Bertz CT molecular complexity index is 755. The van der Waals surface area contributed by atoms with Crippen LogP contribution in [0.15, 0.2) is 35.4 Å². The first-order chi connectivity index (χ1) is 10.1. The molecule has 0 bridgehead atoms. The molecular formula is C15H16ClNO3S. The fourth-order valence-corrected chi connectivity index (χ4v) is 3.90. The van der Waals surface area contributed by atoms with E-state index in [9.17, 15) is 8.42 Å². The van der Waals surface area contributed by atoms with Crippen molar-refractivity contribution in [2.24, 2.45) is 5.92 Å². The standard InChI is InChI=1S/C15H16ClNO3S/c16-21(18,19)14-8-7-13(15-12(14)6-3-9-17-15)20-10-11-4-1-2-5-11/h3,6-9,11H,1-2,4-5,10H2. The number of rotatable bonds is 4. The van der Waals surface area contributed by atoms with Gasteiger partial charge in [0.2, 0.25) is 0 Å². The van der Waals surface area contributed by atoms with E-state index in [1.54, 1.807) is 24.4 Å². The Morgan fingerprint density at radius 2 is 2.00 bits per heavy atom. The highest BCUT2D eigenvalue weighted by Gasteiger charge is 2.19. The number of aromatic nitrogens is 1. The highest BCUT2D eigenvalue weighted by molar-refractivity contribution is 8.14. The molecular weight excluding hydrogens is 310 g/mol. The van der Waals surface area contributed by atoms with Crippen LogP contribution < -0.4 is 4.74 Å². The number of nitrogens with zero attached hydrogens (tertiary/aromatic N) is 1. The summed E-state index contributed by atoms with van der Waals surface area (Å²) >= 11 is 0. The minimum atomic E-state index is -3.80. The molecule has 1 heterocycles. The third-order valence-corrected chi connectivity index (χ3v) is 5.28. The van der Waals surface area contributed by atoms with Crippen LogP contribution >= 0.6 is 10.7 Å². The van der Waals surface area contributed by atoms with Gasteiger partial charge in [-0.15, -0.1) is 0 Å². The Morgan fingerprint density at radius 3 is 2.71 bits per heavy atom. The summed E-state index contributed by atoms with van der Waals surface area (Å²) in [6, 6.07) is 6.50. The second kappa shape index (κ2) is 5.81. The second-order valence-corrected chi connectivity index (χ2v) is 7.90. The molecule has 1 aromatic carbocycles. The smallest absolute Gasteiger partial charge is 0.261 e. The minimum absolute atomic E-state index is 0.0699. The lowest BCUT2D eigenvalue weighted by Crippen LogP contribution is -2.08. The average molecular weight is 326 g/mol. The molecule has 112 valence electrons. The number of hydrogen-bond donors (Lipinski definition) is 0. The first-order valence-electron chi connectivity index (χ1n) is 7.01. The Hall–Kier alpha value is -1.33. The summed E-state index contributed by atoms with van der Waals surface area (Å²) in [5.41, 5.74) is 0.539. The molecule has 4 nitrogen and oxygen atoms in total. The van der Waals surface area contributed by atoms with Crippen molar-refractivity contribution in [3.05, 3.63) is 30.5 Å². The Balaban J connectivity index is 1.96. The molecule has 1 fully saturated rings. The van der Waals surface area contributed by atoms with Crippen LogP contribution in [-0.2, 0) is 9.05 Å². The molecule has 21 heavy (non-hydrogen) atoms. The number of benzene rings is 1. The third-order valence-electron chi connectivity index (χ3n) is 3.90. The summed E-state index contributed by atoms with van der Waals surface area (Å²) in [6.45, 7) is 0.651. The van der Waals surface area contributed by atoms with E-state index in [2.05, 4.69) is 4.98 Å². The van der Waals surface area contributed by atoms with Crippen LogP contribution in [0.4, 0.5) is 0 Å². The van der Waals surface area contributed by atoms with Crippen LogP contribution in [0.25, 0.3) is 10.9 Å². The molecule has 0 amide bonds. The first kappa shape index (κ1) is 14.6. The van der Waals surface area contributed by atoms with Crippen molar-refractivity contribution in [2.75, 3.05) is 6.61 Å². The van der Waals surface area contributed by atoms with E-state index in [4.69, 9.17) is 15.4 Å². The summed E-state index contributed by atoms with van der Waals surface area (Å²) < 4.78 is 29.1. The molecule has 6 heteroatoms. The quantitative estimate of drug-likeness (QED) is 0.804. The van der Waals surface area contributed by atoms with Gasteiger partial charge in [0.05, 0.1) is 11.5 Å². The number of fused-ring (bicyclic) bond motifs is 1. The molecule has 0 spiro atoms. The van der Waals surface area contributed by atoms with Crippen molar-refractivity contribution in [1.82, 2.24) is 4.98 Å². The topological polar surface area (TPSA) is 56.3 Å². The van der Waals surface area contributed by atoms with Gasteiger partial charge in [-0.3, -0.25) is 4.98 Å². The molecule has 2 aromatic rings. The van der Waals surface area contributed by atoms with Gasteiger partial charge in [-0.2, -0.15) is 0 Å². The number of halogens is 1. The molecule has 0 radical (unpaired) electrons. The number of ether oxygens (including phenoxy) is 1. The van der Waals surface area contributed by atoms with Gasteiger partial charge in [-0.25, -0.2) is 8.42 Å². The lowest BCUT2D eigenvalue weighted by molar-refractivity contribution is 0.254. The molecule has 0 atom stereocenters. The van der Waals surface area contributed by atoms with Crippen molar-refractivity contribution < 1.29 is 13.2 Å². The average Bonchev–Trinajstić information content (AvgIpc) is 2.96. The van der Waals surface area contributed by atoms with Gasteiger partial charge in [-0.1, -0.05) is 12.8 Å². The summed E-state index contributed by atoms with van der Waals surface area (Å²) in [4.78, 5) is 4.32. The Morgan fingerprint density at radius 1 is 1.24 bits per heavy atom. The van der Waals surface area contributed by atoms with E-state index in [-0.39, 0.29) is 4.90 Å². The zero-order valence-electron chi connectivity index (χ0n) is 11.5. The maximum Gasteiger partial charge on any atom is 0.261 e. The van der Waals surface area contributed by atoms with Crippen molar-refractivity contribution in [3.8, 4) is 5.75 Å². The predicted molar refractivity (Wildman–Crippen MR) is 82.2 cm³/mol. The summed E-state index contributed by atoms with van der Waals surface area (Å²) in [6.07, 6.45) is 6.53. The third kappa shape index (κ3) is 3.14. The zero-order valence-corrected chi connectivity index (χ0v) is 13.0. The van der Waals surface area contributed by atoms with Gasteiger partial charge >= 0.3 is 0 Å². The number of pyridine rings is 1. The molecule has 1 aliphatic carbocycles. The minimum Gasteiger partial charge on any atom is -0.491 e. The fraction of sp³-hybridized carbons (Fsp3) is 0.400. The largest absolute Gasteiger partial charge is 0.491 e. The summed E-state index contributed by atoms with van der Waals surface area (Å²) in [5.74, 6) is 1.20. The molecule has 0 N–H and O–H groups in total. The van der Waals surface area contributed by atoms with Gasteiger partial charge in [0.15, 0.2) is 0 Å². The predicted octanol–water partition coefficient (Wildman–Crippen LogP) is 3.73. The highest BCUT2D eigenvalue weighted by Crippen LogP contribution is 2.32. The van der Waals surface area contributed by atoms with E-state index in [1.807, 2.05) is 0 Å². The van der Waals surface area contributed by atoms with E-state index >= 15 is 0 Å².